The molecule has 192 valence electrons. The molecule has 12 heteroatoms. The molecule has 0 fully saturated rings. The molecule has 3 N–H and O–H groups in total. The van der Waals surface area contributed by atoms with Gasteiger partial charge in [-0.1, -0.05) is 13.8 Å². The number of pyridine rings is 2. The summed E-state index contributed by atoms with van der Waals surface area (Å²) in [6, 6.07) is 4.71. The maximum absolute atomic E-state index is 13.9. The van der Waals surface area contributed by atoms with Crippen LogP contribution in [0.15, 0.2) is 36.8 Å². The third-order valence-electron chi connectivity index (χ3n) is 5.10. The number of nitrogens with one attached hydrogen (secondary N) is 1. The van der Waals surface area contributed by atoms with Crippen molar-refractivity contribution in [1.82, 2.24) is 19.9 Å². The predicted molar refractivity (Wildman–Crippen MR) is 131 cm³/mol. The van der Waals surface area contributed by atoms with Gasteiger partial charge in [0.25, 0.3) is 5.91 Å². The Morgan fingerprint density at radius 1 is 1.08 bits per heavy atom. The number of carbonyl (C=O) groups excluding carboxylic acids is 1. The average molecular weight is 504 g/mol. The summed E-state index contributed by atoms with van der Waals surface area (Å²) >= 11 is 0. The zero-order chi connectivity index (χ0) is 26.3. The molecule has 1 amide bonds. The first kappa shape index (κ1) is 26.6. The Morgan fingerprint density at radius 3 is 2.44 bits per heavy atom. The van der Waals surface area contributed by atoms with E-state index in [-0.39, 0.29) is 29.6 Å². The lowest BCUT2D eigenvalue weighted by atomic mass is 10.1. The number of anilines is 3. The predicted octanol–water partition coefficient (Wildman–Crippen LogP) is 4.81. The van der Waals surface area contributed by atoms with Gasteiger partial charge in [0.2, 0.25) is 0 Å². The van der Waals surface area contributed by atoms with Crippen molar-refractivity contribution in [2.24, 2.45) is 0 Å². The van der Waals surface area contributed by atoms with Gasteiger partial charge in [0.1, 0.15) is 22.7 Å². The largest absolute Gasteiger partial charge is 0.493 e. The van der Waals surface area contributed by atoms with E-state index < -0.39 is 29.1 Å². The molecule has 0 unspecified atom stereocenters. The molecular weight excluding hydrogens is 475 g/mol. The van der Waals surface area contributed by atoms with Crippen molar-refractivity contribution in [3.05, 3.63) is 48.0 Å². The van der Waals surface area contributed by atoms with Crippen molar-refractivity contribution < 1.29 is 22.7 Å². The fraction of sp³-hybridized carbons (Fsp3) is 0.375. The van der Waals surface area contributed by atoms with Crippen LogP contribution < -0.4 is 20.7 Å². The van der Waals surface area contributed by atoms with Crippen LogP contribution in [0.4, 0.5) is 30.5 Å². The SMILES string of the molecule is CCCN(CCC)c1cccnc1NC(=O)c1nc(-c2nccc(OCC)c2C(F)(F)F)cnc1N. The van der Waals surface area contributed by atoms with Crippen molar-refractivity contribution in [3.63, 3.8) is 0 Å². The van der Waals surface area contributed by atoms with Gasteiger partial charge in [0.05, 0.1) is 18.5 Å². The molecule has 0 spiro atoms. The fourth-order valence-corrected chi connectivity index (χ4v) is 3.68. The van der Waals surface area contributed by atoms with Gasteiger partial charge < -0.3 is 20.7 Å². The molecular formula is C24H28F3N7O2. The normalized spacial score (nSPS) is 11.3. The van der Waals surface area contributed by atoms with Crippen LogP contribution in [0.3, 0.4) is 0 Å². The average Bonchev–Trinajstić information content (AvgIpc) is 2.84. The van der Waals surface area contributed by atoms with Crippen molar-refractivity contribution in [3.8, 4) is 17.1 Å². The zero-order valence-corrected chi connectivity index (χ0v) is 20.3. The summed E-state index contributed by atoms with van der Waals surface area (Å²) in [4.78, 5) is 31.4. The van der Waals surface area contributed by atoms with Crippen LogP contribution in [0.25, 0.3) is 11.4 Å². The molecule has 0 saturated heterocycles. The highest BCUT2D eigenvalue weighted by atomic mass is 19.4. The summed E-state index contributed by atoms with van der Waals surface area (Å²) in [7, 11) is 0. The van der Waals surface area contributed by atoms with Gasteiger partial charge in [0, 0.05) is 25.5 Å². The minimum Gasteiger partial charge on any atom is -0.493 e. The standard InChI is InChI=1S/C24H28F3N7O2/c1-4-12-34(13-5-2)16-8-7-10-30-22(16)33-23(35)20-21(28)31-14-15(32-20)19-18(24(25,26)27)17(36-6-3)9-11-29-19/h7-11,14H,4-6,12-13H2,1-3H3,(H2,28,31)(H,30,33,35). The second kappa shape index (κ2) is 11.6. The molecule has 3 aromatic heterocycles. The topological polar surface area (TPSA) is 119 Å². The van der Waals surface area contributed by atoms with Crippen molar-refractivity contribution in [1.29, 1.82) is 0 Å². The molecule has 0 aliphatic rings. The molecule has 0 bridgehead atoms. The van der Waals surface area contributed by atoms with Gasteiger partial charge in [-0.15, -0.1) is 0 Å². The lowest BCUT2D eigenvalue weighted by molar-refractivity contribution is -0.138. The Kier molecular flexibility index (Phi) is 8.62. The smallest absolute Gasteiger partial charge is 0.422 e. The van der Waals surface area contributed by atoms with Crippen LogP contribution in [0.5, 0.6) is 5.75 Å². The first-order valence-electron chi connectivity index (χ1n) is 11.5. The van der Waals surface area contributed by atoms with E-state index in [0.29, 0.717) is 5.69 Å². The Labute approximate surface area is 206 Å². The van der Waals surface area contributed by atoms with E-state index in [9.17, 15) is 18.0 Å². The fourth-order valence-electron chi connectivity index (χ4n) is 3.68. The number of halogens is 3. The number of rotatable bonds is 10. The lowest BCUT2D eigenvalue weighted by Crippen LogP contribution is -2.27. The Hall–Kier alpha value is -3.96. The first-order chi connectivity index (χ1) is 17.2. The summed E-state index contributed by atoms with van der Waals surface area (Å²) < 4.78 is 46.9. The molecule has 0 atom stereocenters. The molecule has 0 radical (unpaired) electrons. The maximum Gasteiger partial charge on any atom is 0.422 e. The van der Waals surface area contributed by atoms with Crippen molar-refractivity contribution in [2.75, 3.05) is 35.6 Å². The Balaban J connectivity index is 2.02. The van der Waals surface area contributed by atoms with E-state index in [1.165, 1.54) is 12.4 Å². The minimum atomic E-state index is -4.79. The molecule has 0 aromatic carbocycles. The monoisotopic (exact) mass is 503 g/mol. The highest BCUT2D eigenvalue weighted by Crippen LogP contribution is 2.41. The van der Waals surface area contributed by atoms with Crippen molar-refractivity contribution in [2.45, 2.75) is 39.8 Å². The van der Waals surface area contributed by atoms with Gasteiger partial charge in [-0.25, -0.2) is 15.0 Å². The summed E-state index contributed by atoms with van der Waals surface area (Å²) in [6.07, 6.45) is 0.722. The van der Waals surface area contributed by atoms with E-state index in [1.807, 2.05) is 19.9 Å². The van der Waals surface area contributed by atoms with Gasteiger partial charge >= 0.3 is 6.18 Å². The van der Waals surface area contributed by atoms with E-state index in [2.05, 4.69) is 30.2 Å². The molecule has 3 heterocycles. The number of alkyl halides is 3. The van der Waals surface area contributed by atoms with Crippen LogP contribution in [-0.2, 0) is 6.18 Å². The van der Waals surface area contributed by atoms with Gasteiger partial charge in [0.15, 0.2) is 17.3 Å². The second-order valence-corrected chi connectivity index (χ2v) is 7.76. The maximum atomic E-state index is 13.9. The molecule has 0 aliphatic carbocycles. The molecule has 3 rings (SSSR count). The van der Waals surface area contributed by atoms with Crippen LogP contribution in [0, 0.1) is 0 Å². The van der Waals surface area contributed by atoms with E-state index in [0.717, 1.165) is 38.2 Å². The number of nitrogens with zero attached hydrogens (tertiary/aromatic N) is 5. The van der Waals surface area contributed by atoms with Gasteiger partial charge in [-0.3, -0.25) is 9.78 Å². The lowest BCUT2D eigenvalue weighted by Gasteiger charge is -2.25. The highest BCUT2D eigenvalue weighted by molar-refractivity contribution is 6.06. The highest BCUT2D eigenvalue weighted by Gasteiger charge is 2.39. The van der Waals surface area contributed by atoms with Crippen LogP contribution >= 0.6 is 0 Å². The summed E-state index contributed by atoms with van der Waals surface area (Å²) in [5, 5.41) is 2.68. The van der Waals surface area contributed by atoms with Crippen LogP contribution in [0.2, 0.25) is 0 Å². The Bertz CT molecular complexity index is 1200. The number of ether oxygens (including phenoxy) is 1. The van der Waals surface area contributed by atoms with Crippen LogP contribution in [-0.4, -0.2) is 45.5 Å². The molecule has 0 saturated carbocycles. The molecule has 3 aromatic rings. The summed E-state index contributed by atoms with van der Waals surface area (Å²) in [5.41, 5.74) is 4.34. The van der Waals surface area contributed by atoms with E-state index >= 15 is 0 Å². The van der Waals surface area contributed by atoms with Crippen LogP contribution in [0.1, 0.15) is 49.7 Å². The third-order valence-corrected chi connectivity index (χ3v) is 5.10. The third kappa shape index (κ3) is 5.99. The Morgan fingerprint density at radius 2 is 1.81 bits per heavy atom. The second-order valence-electron chi connectivity index (χ2n) is 7.76. The first-order valence-corrected chi connectivity index (χ1v) is 11.5. The zero-order valence-electron chi connectivity index (χ0n) is 20.3. The number of amides is 1. The minimum absolute atomic E-state index is 0.0209. The summed E-state index contributed by atoms with van der Waals surface area (Å²) in [6.45, 7) is 7.18. The van der Waals surface area contributed by atoms with Gasteiger partial charge in [-0.2, -0.15) is 13.2 Å². The quantitative estimate of drug-likeness (QED) is 0.405. The number of hydrogen-bond donors (Lipinski definition) is 2. The van der Waals surface area contributed by atoms with E-state index in [1.54, 1.807) is 13.0 Å². The number of nitrogens with two attached hydrogens (primary N) is 1. The molecule has 0 aliphatic heterocycles. The number of aromatic nitrogens is 4. The number of nitrogen functional groups attached to an aromatic ring is 1. The van der Waals surface area contributed by atoms with Gasteiger partial charge in [-0.05, 0) is 38.0 Å². The molecule has 9 nitrogen and oxygen atoms in total. The summed E-state index contributed by atoms with van der Waals surface area (Å²) in [5.74, 6) is -1.13. The van der Waals surface area contributed by atoms with Crippen molar-refractivity contribution >= 4 is 23.2 Å². The van der Waals surface area contributed by atoms with E-state index in [4.69, 9.17) is 10.5 Å². The molecule has 36 heavy (non-hydrogen) atoms. The number of carbonyl (C=O) groups is 1. The number of hydrogen-bond acceptors (Lipinski definition) is 8.